The van der Waals surface area contributed by atoms with Gasteiger partial charge in [-0.2, -0.15) is 0 Å². The van der Waals surface area contributed by atoms with E-state index in [9.17, 15) is 0 Å². The largest absolute Gasteiger partial charge is 1.00 e. The molecule has 0 radical (unpaired) electrons. The summed E-state index contributed by atoms with van der Waals surface area (Å²) in [5.41, 5.74) is 2.88. The second kappa shape index (κ2) is 9.34. The Hall–Kier alpha value is -3.19. The molecule has 4 rings (SSSR count). The molecule has 7 heteroatoms. The predicted octanol–water partition coefficient (Wildman–Crippen LogP) is 1.64. The molecule has 1 aliphatic heterocycles. The molecular weight excluding hydrogens is 432 g/mol. The first kappa shape index (κ1) is 20.5. The maximum atomic E-state index is 5.26. The van der Waals surface area contributed by atoms with Crippen molar-refractivity contribution in [3.8, 4) is 11.5 Å². The Morgan fingerprint density at radius 3 is 1.97 bits per heavy atom. The summed E-state index contributed by atoms with van der Waals surface area (Å²) in [5.74, 6) is 2.24. The highest BCUT2D eigenvalue weighted by Gasteiger charge is 2.25. The number of nitrogens with zero attached hydrogens (tertiary/aromatic N) is 4. The number of hydrogen-bond donors (Lipinski definition) is 0. The Balaban J connectivity index is 0.00000240. The van der Waals surface area contributed by atoms with Crippen molar-refractivity contribution < 1.29 is 31.2 Å². The SMILES string of the molecule is COc1ccc(C2=NN(c3ccccc3)C[N+](c3ccc(OC)cc3)=N2)cc1.[Br-]. The van der Waals surface area contributed by atoms with E-state index in [1.807, 2.05) is 88.6 Å². The summed E-state index contributed by atoms with van der Waals surface area (Å²) >= 11 is 0. The fourth-order valence-electron chi connectivity index (χ4n) is 2.93. The number of benzene rings is 3. The van der Waals surface area contributed by atoms with Crippen LogP contribution in [0, 0.1) is 0 Å². The quantitative estimate of drug-likeness (QED) is 0.553. The van der Waals surface area contributed by atoms with Gasteiger partial charge in [0.05, 0.1) is 19.9 Å². The monoisotopic (exact) mass is 452 g/mol. The molecule has 0 bridgehead atoms. The van der Waals surface area contributed by atoms with Gasteiger partial charge in [-0.15, -0.1) is 5.10 Å². The van der Waals surface area contributed by atoms with E-state index < -0.39 is 0 Å². The highest BCUT2D eigenvalue weighted by molar-refractivity contribution is 5.99. The second-order valence-electron chi connectivity index (χ2n) is 6.23. The van der Waals surface area contributed by atoms with Gasteiger partial charge in [-0.1, -0.05) is 22.9 Å². The van der Waals surface area contributed by atoms with Crippen LogP contribution in [0.25, 0.3) is 0 Å². The van der Waals surface area contributed by atoms with E-state index in [0.29, 0.717) is 12.5 Å². The van der Waals surface area contributed by atoms with Crippen LogP contribution in [-0.4, -0.2) is 31.4 Å². The zero-order valence-electron chi connectivity index (χ0n) is 16.2. The third-order valence-electron chi connectivity index (χ3n) is 4.47. The topological polar surface area (TPSA) is 49.4 Å². The molecule has 0 saturated heterocycles. The highest BCUT2D eigenvalue weighted by Crippen LogP contribution is 2.25. The van der Waals surface area contributed by atoms with Gasteiger partial charge in [-0.3, -0.25) is 0 Å². The van der Waals surface area contributed by atoms with Crippen LogP contribution < -0.4 is 31.5 Å². The van der Waals surface area contributed by atoms with Gasteiger partial charge in [0.15, 0.2) is 0 Å². The molecule has 0 amide bonds. The zero-order chi connectivity index (χ0) is 19.3. The van der Waals surface area contributed by atoms with E-state index in [1.54, 1.807) is 14.2 Å². The molecule has 0 unspecified atom stereocenters. The number of methoxy groups -OCH3 is 2. The van der Waals surface area contributed by atoms with Crippen molar-refractivity contribution in [3.05, 3.63) is 84.4 Å². The third-order valence-corrected chi connectivity index (χ3v) is 4.47. The zero-order valence-corrected chi connectivity index (χ0v) is 17.8. The average Bonchev–Trinajstić information content (AvgIpc) is 2.79. The van der Waals surface area contributed by atoms with Crippen LogP contribution in [0.15, 0.2) is 89.1 Å². The Kier molecular flexibility index (Phi) is 6.61. The number of amidine groups is 1. The second-order valence-corrected chi connectivity index (χ2v) is 6.23. The van der Waals surface area contributed by atoms with Crippen molar-refractivity contribution in [2.75, 3.05) is 25.9 Å². The predicted molar refractivity (Wildman–Crippen MR) is 109 cm³/mol. The summed E-state index contributed by atoms with van der Waals surface area (Å²) in [5, 5.41) is 11.5. The lowest BCUT2D eigenvalue weighted by Gasteiger charge is -2.20. The number of ether oxygens (including phenoxy) is 2. The van der Waals surface area contributed by atoms with Crippen LogP contribution >= 0.6 is 0 Å². The lowest BCUT2D eigenvalue weighted by atomic mass is 10.2. The molecular formula is C22H21BrN4O2. The van der Waals surface area contributed by atoms with E-state index in [0.717, 1.165) is 28.4 Å². The van der Waals surface area contributed by atoms with Crippen LogP contribution in [0.5, 0.6) is 11.5 Å². The first-order valence-electron chi connectivity index (χ1n) is 8.96. The molecule has 0 aromatic heterocycles. The van der Waals surface area contributed by atoms with Crippen molar-refractivity contribution in [1.29, 1.82) is 0 Å². The molecule has 0 aliphatic carbocycles. The molecule has 0 fully saturated rings. The number of para-hydroxylation sites is 1. The summed E-state index contributed by atoms with van der Waals surface area (Å²) in [7, 11) is 3.31. The number of hydrogen-bond acceptors (Lipinski definition) is 5. The summed E-state index contributed by atoms with van der Waals surface area (Å²) in [4.78, 5) is 0. The standard InChI is InChI=1S/C22H21N4O2.BrH/c1-27-20-12-8-17(9-13-20)22-23-25(18-6-4-3-5-7-18)16-26(24-22)19-10-14-21(28-2)15-11-19;/h3-15H,16H2,1-2H3;1H/q+1;/p-1. The first-order chi connectivity index (χ1) is 13.8. The maximum Gasteiger partial charge on any atom is 0.269 e. The lowest BCUT2D eigenvalue weighted by Crippen LogP contribution is -3.00. The van der Waals surface area contributed by atoms with Crippen LogP contribution in [0.2, 0.25) is 0 Å². The number of halogens is 1. The van der Waals surface area contributed by atoms with Crippen molar-refractivity contribution in [3.63, 3.8) is 0 Å². The third kappa shape index (κ3) is 4.63. The van der Waals surface area contributed by atoms with Crippen molar-refractivity contribution in [2.24, 2.45) is 10.2 Å². The molecule has 0 atom stereocenters. The van der Waals surface area contributed by atoms with Crippen LogP contribution in [0.1, 0.15) is 5.56 Å². The number of hydrazone groups is 1. The first-order valence-corrected chi connectivity index (χ1v) is 8.96. The molecule has 3 aromatic rings. The van der Waals surface area contributed by atoms with Gasteiger partial charge in [0.25, 0.3) is 6.67 Å². The maximum absolute atomic E-state index is 5.26. The molecule has 148 valence electrons. The number of rotatable bonds is 5. The Morgan fingerprint density at radius 1 is 0.793 bits per heavy atom. The van der Waals surface area contributed by atoms with E-state index in [2.05, 4.69) is 0 Å². The smallest absolute Gasteiger partial charge is 0.269 e. The van der Waals surface area contributed by atoms with Crippen LogP contribution in [-0.2, 0) is 0 Å². The molecule has 6 nitrogen and oxygen atoms in total. The Bertz CT molecular complexity index is 1000. The fraction of sp³-hybridized carbons (Fsp3) is 0.136. The number of anilines is 1. The van der Waals surface area contributed by atoms with Crippen LogP contribution in [0.4, 0.5) is 11.4 Å². The van der Waals surface area contributed by atoms with Gasteiger partial charge in [0.2, 0.25) is 11.5 Å². The van der Waals surface area contributed by atoms with Gasteiger partial charge in [-0.25, -0.2) is 5.01 Å². The summed E-state index contributed by atoms with van der Waals surface area (Å²) in [6.45, 7) is 0.510. The van der Waals surface area contributed by atoms with Crippen LogP contribution in [0.3, 0.4) is 0 Å². The minimum atomic E-state index is 0. The minimum absolute atomic E-state index is 0. The Morgan fingerprint density at radius 2 is 1.38 bits per heavy atom. The van der Waals surface area contributed by atoms with Crippen molar-refractivity contribution >= 4 is 17.2 Å². The molecule has 1 heterocycles. The van der Waals surface area contributed by atoms with E-state index in [-0.39, 0.29) is 17.0 Å². The van der Waals surface area contributed by atoms with Gasteiger partial charge < -0.3 is 26.5 Å². The lowest BCUT2D eigenvalue weighted by molar-refractivity contribution is -0.508. The van der Waals surface area contributed by atoms with Gasteiger partial charge >= 0.3 is 0 Å². The summed E-state index contributed by atoms with van der Waals surface area (Å²) in [6, 6.07) is 25.6. The van der Waals surface area contributed by atoms with Gasteiger partial charge in [0, 0.05) is 22.8 Å². The van der Waals surface area contributed by atoms with Crippen molar-refractivity contribution in [1.82, 2.24) is 0 Å². The van der Waals surface area contributed by atoms with E-state index in [4.69, 9.17) is 19.7 Å². The molecule has 1 aliphatic rings. The van der Waals surface area contributed by atoms with E-state index >= 15 is 0 Å². The summed E-state index contributed by atoms with van der Waals surface area (Å²) in [6.07, 6.45) is 0. The molecule has 0 N–H and O–H groups in total. The Labute approximate surface area is 180 Å². The van der Waals surface area contributed by atoms with Crippen molar-refractivity contribution in [2.45, 2.75) is 0 Å². The highest BCUT2D eigenvalue weighted by atomic mass is 79.9. The minimum Gasteiger partial charge on any atom is -1.00 e. The number of azo groups is 2. The molecule has 0 saturated carbocycles. The average molecular weight is 453 g/mol. The molecule has 0 spiro atoms. The normalized spacial score (nSPS) is 13.1. The van der Waals surface area contributed by atoms with Gasteiger partial charge in [-0.05, 0) is 48.5 Å². The molecule has 3 aromatic carbocycles. The van der Waals surface area contributed by atoms with E-state index in [1.165, 1.54) is 0 Å². The summed E-state index contributed by atoms with van der Waals surface area (Å²) < 4.78 is 12.4. The molecule has 29 heavy (non-hydrogen) atoms. The van der Waals surface area contributed by atoms with Gasteiger partial charge in [0.1, 0.15) is 11.5 Å². The fourth-order valence-corrected chi connectivity index (χ4v) is 2.93.